The van der Waals surface area contributed by atoms with E-state index in [1.54, 1.807) is 0 Å². The Balaban J connectivity index is 2.18. The maximum atomic E-state index is 6.30. The predicted octanol–water partition coefficient (Wildman–Crippen LogP) is 6.19. The monoisotopic (exact) mass is 321 g/mol. The van der Waals surface area contributed by atoms with E-state index in [-0.39, 0.29) is 6.04 Å². The van der Waals surface area contributed by atoms with E-state index in [4.69, 9.17) is 23.2 Å². The van der Waals surface area contributed by atoms with Gasteiger partial charge in [0.05, 0.1) is 0 Å². The summed E-state index contributed by atoms with van der Waals surface area (Å²) in [5.41, 5.74) is 2.35. The highest BCUT2D eigenvalue weighted by Gasteiger charge is 2.16. The van der Waals surface area contributed by atoms with Crippen LogP contribution in [0.4, 0.5) is 0 Å². The number of rotatable bonds is 6. The lowest BCUT2D eigenvalue weighted by atomic mass is 9.99. The third-order valence-corrected chi connectivity index (χ3v) is 4.23. The third kappa shape index (κ3) is 4.47. The molecule has 0 aliphatic rings. The Morgan fingerprint density at radius 3 is 2.43 bits per heavy atom. The minimum Gasteiger partial charge on any atom is -0.303 e. The molecular formula is C18H21Cl2N. The Morgan fingerprint density at radius 1 is 1.05 bits per heavy atom. The molecule has 0 bridgehead atoms. The van der Waals surface area contributed by atoms with E-state index in [0.29, 0.717) is 6.04 Å². The topological polar surface area (TPSA) is 12.0 Å². The molecule has 0 aliphatic heterocycles. The molecule has 0 fully saturated rings. The van der Waals surface area contributed by atoms with Crippen LogP contribution in [0.5, 0.6) is 0 Å². The van der Waals surface area contributed by atoms with E-state index in [1.807, 2.05) is 24.3 Å². The van der Waals surface area contributed by atoms with E-state index in [0.717, 1.165) is 28.5 Å². The molecule has 0 saturated heterocycles. The largest absolute Gasteiger partial charge is 0.303 e. The first-order chi connectivity index (χ1) is 10.1. The molecule has 0 heterocycles. The average molecular weight is 322 g/mol. The second kappa shape index (κ2) is 7.84. The Kier molecular flexibility index (Phi) is 6.10. The molecule has 0 aliphatic carbocycles. The zero-order valence-electron chi connectivity index (χ0n) is 12.4. The van der Waals surface area contributed by atoms with Crippen LogP contribution >= 0.6 is 23.2 Å². The van der Waals surface area contributed by atoms with Crippen molar-refractivity contribution in [1.29, 1.82) is 0 Å². The van der Waals surface area contributed by atoms with Gasteiger partial charge in [-0.3, -0.25) is 0 Å². The van der Waals surface area contributed by atoms with Crippen LogP contribution in [0.2, 0.25) is 10.0 Å². The fourth-order valence-corrected chi connectivity index (χ4v) is 3.02. The number of nitrogens with one attached hydrogen (secondary N) is 1. The second-order valence-corrected chi connectivity index (χ2v) is 6.15. The van der Waals surface area contributed by atoms with Gasteiger partial charge in [0.2, 0.25) is 0 Å². The van der Waals surface area contributed by atoms with Crippen molar-refractivity contribution in [2.45, 2.75) is 38.8 Å². The van der Waals surface area contributed by atoms with E-state index in [9.17, 15) is 0 Å². The average Bonchev–Trinajstić information content (AvgIpc) is 2.50. The first kappa shape index (κ1) is 16.4. The summed E-state index contributed by atoms with van der Waals surface area (Å²) >= 11 is 12.4. The van der Waals surface area contributed by atoms with E-state index in [1.165, 1.54) is 5.56 Å². The van der Waals surface area contributed by atoms with Gasteiger partial charge in [-0.1, -0.05) is 66.9 Å². The standard InChI is InChI=1S/C18H21Cl2N/c1-3-7-18(14-8-5-4-6-9-14)21-13(2)16-12-15(19)10-11-17(16)20/h4-6,8-13,18,21H,3,7H2,1-2H3. The van der Waals surface area contributed by atoms with Crippen molar-refractivity contribution in [3.8, 4) is 0 Å². The lowest BCUT2D eigenvalue weighted by molar-refractivity contribution is 0.439. The Labute approximate surface area is 137 Å². The lowest BCUT2D eigenvalue weighted by Gasteiger charge is -2.24. The molecule has 112 valence electrons. The molecule has 2 aromatic rings. The highest BCUT2D eigenvalue weighted by Crippen LogP contribution is 2.29. The van der Waals surface area contributed by atoms with Gasteiger partial charge in [-0.25, -0.2) is 0 Å². The molecule has 3 heteroatoms. The Morgan fingerprint density at radius 2 is 1.76 bits per heavy atom. The molecule has 21 heavy (non-hydrogen) atoms. The first-order valence-corrected chi connectivity index (χ1v) is 8.13. The van der Waals surface area contributed by atoms with Crippen LogP contribution in [0, 0.1) is 0 Å². The summed E-state index contributed by atoms with van der Waals surface area (Å²) in [6.45, 7) is 4.33. The van der Waals surface area contributed by atoms with Gasteiger partial charge in [-0.2, -0.15) is 0 Å². The van der Waals surface area contributed by atoms with E-state index < -0.39 is 0 Å². The molecule has 2 atom stereocenters. The van der Waals surface area contributed by atoms with Crippen molar-refractivity contribution >= 4 is 23.2 Å². The van der Waals surface area contributed by atoms with Crippen LogP contribution in [0.25, 0.3) is 0 Å². The van der Waals surface area contributed by atoms with E-state index >= 15 is 0 Å². The van der Waals surface area contributed by atoms with Gasteiger partial charge in [-0.15, -0.1) is 0 Å². The third-order valence-electron chi connectivity index (χ3n) is 3.66. The highest BCUT2D eigenvalue weighted by molar-refractivity contribution is 6.33. The molecule has 1 nitrogen and oxygen atoms in total. The van der Waals surface area contributed by atoms with Gasteiger partial charge < -0.3 is 5.32 Å². The van der Waals surface area contributed by atoms with Crippen molar-refractivity contribution in [3.63, 3.8) is 0 Å². The summed E-state index contributed by atoms with van der Waals surface area (Å²) in [6.07, 6.45) is 2.22. The van der Waals surface area contributed by atoms with Crippen LogP contribution in [0.15, 0.2) is 48.5 Å². The Bertz CT molecular complexity index is 569. The number of hydrogen-bond donors (Lipinski definition) is 1. The Hall–Kier alpha value is -1.02. The molecule has 0 spiro atoms. The normalized spacial score (nSPS) is 13.9. The van der Waals surface area contributed by atoms with Gasteiger partial charge in [0, 0.05) is 22.1 Å². The molecule has 2 unspecified atom stereocenters. The van der Waals surface area contributed by atoms with Crippen molar-refractivity contribution in [2.75, 3.05) is 0 Å². The summed E-state index contributed by atoms with van der Waals surface area (Å²) in [7, 11) is 0. The summed E-state index contributed by atoms with van der Waals surface area (Å²) in [4.78, 5) is 0. The minimum absolute atomic E-state index is 0.146. The van der Waals surface area contributed by atoms with Crippen LogP contribution < -0.4 is 5.32 Å². The van der Waals surface area contributed by atoms with E-state index in [2.05, 4.69) is 43.4 Å². The van der Waals surface area contributed by atoms with Gasteiger partial charge >= 0.3 is 0 Å². The van der Waals surface area contributed by atoms with Gasteiger partial charge in [0.25, 0.3) is 0 Å². The van der Waals surface area contributed by atoms with Crippen LogP contribution in [0.3, 0.4) is 0 Å². The van der Waals surface area contributed by atoms with Crippen molar-refractivity contribution in [1.82, 2.24) is 5.32 Å². The molecule has 0 amide bonds. The maximum Gasteiger partial charge on any atom is 0.0454 e. The fourth-order valence-electron chi connectivity index (χ4n) is 2.56. The minimum atomic E-state index is 0.146. The summed E-state index contributed by atoms with van der Waals surface area (Å²) < 4.78 is 0. The summed E-state index contributed by atoms with van der Waals surface area (Å²) in [6, 6.07) is 16.6. The van der Waals surface area contributed by atoms with Crippen LogP contribution in [-0.4, -0.2) is 0 Å². The van der Waals surface area contributed by atoms with Crippen molar-refractivity contribution < 1.29 is 0 Å². The molecular weight excluding hydrogens is 301 g/mol. The summed E-state index contributed by atoms with van der Waals surface area (Å²) in [5, 5.41) is 5.15. The number of hydrogen-bond acceptors (Lipinski definition) is 1. The molecule has 0 aromatic heterocycles. The smallest absolute Gasteiger partial charge is 0.0454 e. The van der Waals surface area contributed by atoms with Crippen molar-refractivity contribution in [2.24, 2.45) is 0 Å². The van der Waals surface area contributed by atoms with Gasteiger partial charge in [0.1, 0.15) is 0 Å². The fraction of sp³-hybridized carbons (Fsp3) is 0.333. The van der Waals surface area contributed by atoms with Crippen LogP contribution in [-0.2, 0) is 0 Å². The number of benzene rings is 2. The quantitative estimate of drug-likeness (QED) is 0.669. The first-order valence-electron chi connectivity index (χ1n) is 7.37. The molecule has 1 N–H and O–H groups in total. The molecule has 2 rings (SSSR count). The van der Waals surface area contributed by atoms with Gasteiger partial charge in [-0.05, 0) is 42.7 Å². The molecule has 2 aromatic carbocycles. The van der Waals surface area contributed by atoms with Crippen LogP contribution in [0.1, 0.15) is 49.9 Å². The van der Waals surface area contributed by atoms with Gasteiger partial charge in [0.15, 0.2) is 0 Å². The summed E-state index contributed by atoms with van der Waals surface area (Å²) in [5.74, 6) is 0. The predicted molar refractivity (Wildman–Crippen MR) is 92.1 cm³/mol. The molecule has 0 saturated carbocycles. The lowest BCUT2D eigenvalue weighted by Crippen LogP contribution is -2.25. The SMILES string of the molecule is CCCC(NC(C)c1cc(Cl)ccc1Cl)c1ccccc1. The zero-order valence-corrected chi connectivity index (χ0v) is 14.0. The second-order valence-electron chi connectivity index (χ2n) is 5.31. The zero-order chi connectivity index (χ0) is 15.2. The maximum absolute atomic E-state index is 6.30. The van der Waals surface area contributed by atoms with Crippen molar-refractivity contribution in [3.05, 3.63) is 69.7 Å². The highest BCUT2D eigenvalue weighted by atomic mass is 35.5. The molecule has 0 radical (unpaired) electrons. The number of halogens is 2.